The van der Waals surface area contributed by atoms with Gasteiger partial charge in [-0.1, -0.05) is 0 Å². The van der Waals surface area contributed by atoms with Crippen LogP contribution in [0.3, 0.4) is 0 Å². The normalized spacial score (nSPS) is 14.1. The number of amides is 1. The highest BCUT2D eigenvalue weighted by Gasteiger charge is 2.21. The number of nitrogens with one attached hydrogen (secondary N) is 1. The second-order valence-corrected chi connectivity index (χ2v) is 6.87. The maximum absolute atomic E-state index is 11.8. The lowest BCUT2D eigenvalue weighted by Crippen LogP contribution is -2.35. The minimum atomic E-state index is 0. The van der Waals surface area contributed by atoms with Crippen molar-refractivity contribution in [2.45, 2.75) is 19.4 Å². The van der Waals surface area contributed by atoms with Crippen LogP contribution >= 0.6 is 39.7 Å². The molecule has 1 fully saturated rings. The molecule has 1 aromatic rings. The molecule has 1 aliphatic rings. The van der Waals surface area contributed by atoms with Crippen molar-refractivity contribution >= 4 is 45.6 Å². The molecular formula is C12H18BrClN2OS. The molecule has 0 radical (unpaired) electrons. The van der Waals surface area contributed by atoms with Gasteiger partial charge in [-0.05, 0) is 58.2 Å². The third-order valence-corrected chi connectivity index (χ3v) is 4.43. The maximum atomic E-state index is 11.8. The number of halogens is 2. The Balaban J connectivity index is 0.00000162. The smallest absolute Gasteiger partial charge is 0.236 e. The summed E-state index contributed by atoms with van der Waals surface area (Å²) in [6.45, 7) is 2.13. The van der Waals surface area contributed by atoms with E-state index >= 15 is 0 Å². The molecule has 2 rings (SSSR count). The van der Waals surface area contributed by atoms with Crippen LogP contribution in [0, 0.1) is 5.92 Å². The predicted octanol–water partition coefficient (Wildman–Crippen LogP) is 2.89. The summed E-state index contributed by atoms with van der Waals surface area (Å²) in [6.07, 6.45) is 2.64. The van der Waals surface area contributed by atoms with Crippen molar-refractivity contribution in [3.05, 3.63) is 20.8 Å². The molecule has 0 spiro atoms. The highest BCUT2D eigenvalue weighted by Crippen LogP contribution is 2.27. The number of hydrogen-bond acceptors (Lipinski definition) is 3. The summed E-state index contributed by atoms with van der Waals surface area (Å²) in [5.41, 5.74) is 1.18. The lowest BCUT2D eigenvalue weighted by atomic mass is 10.3. The van der Waals surface area contributed by atoms with E-state index in [4.69, 9.17) is 0 Å². The van der Waals surface area contributed by atoms with E-state index in [-0.39, 0.29) is 18.3 Å². The summed E-state index contributed by atoms with van der Waals surface area (Å²) in [7, 11) is 1.85. The number of likely N-dealkylation sites (N-methyl/N-ethyl adjacent to an activating group) is 1. The molecule has 3 nitrogen and oxygen atoms in total. The number of carbonyl (C=O) groups is 1. The molecule has 0 bridgehead atoms. The van der Waals surface area contributed by atoms with E-state index in [9.17, 15) is 4.79 Å². The van der Waals surface area contributed by atoms with E-state index in [1.165, 1.54) is 18.4 Å². The van der Waals surface area contributed by atoms with Gasteiger partial charge in [0, 0.05) is 13.6 Å². The van der Waals surface area contributed by atoms with Crippen molar-refractivity contribution in [1.29, 1.82) is 0 Å². The standard InChI is InChI=1S/C12H17BrN2OS.ClH/c1-15(7-10-4-11(13)17-8-10)12(16)6-14-5-9-2-3-9;/h4,8-9,14H,2-3,5-7H2,1H3;1H. The third-order valence-electron chi connectivity index (χ3n) is 2.87. The Hall–Kier alpha value is -0.100. The first-order chi connectivity index (χ1) is 8.15. The second kappa shape index (κ2) is 7.48. The Kier molecular flexibility index (Phi) is 6.63. The van der Waals surface area contributed by atoms with Gasteiger partial charge in [-0.15, -0.1) is 23.7 Å². The van der Waals surface area contributed by atoms with Gasteiger partial charge in [0.05, 0.1) is 10.3 Å². The second-order valence-electron chi connectivity index (χ2n) is 4.58. The van der Waals surface area contributed by atoms with E-state index in [0.717, 1.165) is 16.2 Å². The molecule has 1 saturated carbocycles. The minimum Gasteiger partial charge on any atom is -0.340 e. The number of carbonyl (C=O) groups excluding carboxylic acids is 1. The molecule has 1 amide bonds. The van der Waals surface area contributed by atoms with Crippen LogP contribution in [0.15, 0.2) is 15.2 Å². The predicted molar refractivity (Wildman–Crippen MR) is 81.3 cm³/mol. The third kappa shape index (κ3) is 5.26. The maximum Gasteiger partial charge on any atom is 0.236 e. The first-order valence-corrected chi connectivity index (χ1v) is 7.50. The molecule has 1 heterocycles. The van der Waals surface area contributed by atoms with Crippen LogP contribution in [0.1, 0.15) is 18.4 Å². The Labute approximate surface area is 126 Å². The number of rotatable bonds is 6. The molecule has 1 aromatic heterocycles. The molecule has 0 saturated heterocycles. The molecule has 1 N–H and O–H groups in total. The molecule has 102 valence electrons. The fourth-order valence-corrected chi connectivity index (χ4v) is 2.83. The van der Waals surface area contributed by atoms with Gasteiger partial charge in [-0.3, -0.25) is 4.79 Å². The summed E-state index contributed by atoms with van der Waals surface area (Å²) in [4.78, 5) is 13.6. The van der Waals surface area contributed by atoms with Gasteiger partial charge in [0.15, 0.2) is 0 Å². The summed E-state index contributed by atoms with van der Waals surface area (Å²) in [5.74, 6) is 0.980. The van der Waals surface area contributed by atoms with Crippen molar-refractivity contribution in [3.8, 4) is 0 Å². The molecule has 1 aliphatic carbocycles. The fraction of sp³-hybridized carbons (Fsp3) is 0.583. The Morgan fingerprint density at radius 1 is 1.61 bits per heavy atom. The van der Waals surface area contributed by atoms with Gasteiger partial charge in [-0.2, -0.15) is 0 Å². The van der Waals surface area contributed by atoms with Gasteiger partial charge < -0.3 is 10.2 Å². The zero-order chi connectivity index (χ0) is 12.3. The van der Waals surface area contributed by atoms with Crippen molar-refractivity contribution in [2.75, 3.05) is 20.1 Å². The molecule has 0 aliphatic heterocycles. The fourth-order valence-electron chi connectivity index (χ4n) is 1.63. The van der Waals surface area contributed by atoms with E-state index in [2.05, 4.69) is 32.7 Å². The van der Waals surface area contributed by atoms with Crippen LogP contribution in [0.4, 0.5) is 0 Å². The van der Waals surface area contributed by atoms with E-state index < -0.39 is 0 Å². The highest BCUT2D eigenvalue weighted by molar-refractivity contribution is 9.11. The Morgan fingerprint density at radius 2 is 2.33 bits per heavy atom. The topological polar surface area (TPSA) is 32.3 Å². The van der Waals surface area contributed by atoms with Crippen molar-refractivity contribution < 1.29 is 4.79 Å². The summed E-state index contributed by atoms with van der Waals surface area (Å²) >= 11 is 5.08. The Bertz CT molecular complexity index is 395. The minimum absolute atomic E-state index is 0. The first-order valence-electron chi connectivity index (χ1n) is 5.82. The summed E-state index contributed by atoms with van der Waals surface area (Å²) in [6, 6.07) is 2.06. The average molecular weight is 354 g/mol. The van der Waals surface area contributed by atoms with Gasteiger partial charge in [0.25, 0.3) is 0 Å². The van der Waals surface area contributed by atoms with Crippen LogP contribution < -0.4 is 5.32 Å². The molecular weight excluding hydrogens is 336 g/mol. The van der Waals surface area contributed by atoms with Crippen LogP contribution in [0.2, 0.25) is 0 Å². The van der Waals surface area contributed by atoms with Gasteiger partial charge >= 0.3 is 0 Å². The zero-order valence-corrected chi connectivity index (χ0v) is 13.5. The molecule has 18 heavy (non-hydrogen) atoms. The van der Waals surface area contributed by atoms with Crippen molar-refractivity contribution in [2.24, 2.45) is 5.92 Å². The SMILES string of the molecule is CN(Cc1csc(Br)c1)C(=O)CNCC1CC1.Cl. The molecule has 0 atom stereocenters. The van der Waals surface area contributed by atoms with Crippen LogP contribution in [-0.2, 0) is 11.3 Å². The largest absolute Gasteiger partial charge is 0.340 e. The monoisotopic (exact) mass is 352 g/mol. The molecule has 0 aromatic carbocycles. The number of nitrogens with zero attached hydrogens (tertiary/aromatic N) is 1. The van der Waals surface area contributed by atoms with Crippen LogP contribution in [-0.4, -0.2) is 30.9 Å². The lowest BCUT2D eigenvalue weighted by Gasteiger charge is -2.16. The van der Waals surface area contributed by atoms with Gasteiger partial charge in [0.2, 0.25) is 5.91 Å². The van der Waals surface area contributed by atoms with E-state index in [1.54, 1.807) is 16.2 Å². The van der Waals surface area contributed by atoms with Crippen LogP contribution in [0.25, 0.3) is 0 Å². The van der Waals surface area contributed by atoms with Crippen molar-refractivity contribution in [3.63, 3.8) is 0 Å². The summed E-state index contributed by atoms with van der Waals surface area (Å²) in [5, 5.41) is 5.30. The quantitative estimate of drug-likeness (QED) is 0.853. The molecule has 6 heteroatoms. The van der Waals surface area contributed by atoms with Crippen molar-refractivity contribution in [1.82, 2.24) is 10.2 Å². The number of thiophene rings is 1. The van der Waals surface area contributed by atoms with E-state index in [0.29, 0.717) is 13.1 Å². The molecule has 0 unspecified atom stereocenters. The van der Waals surface area contributed by atoms with Gasteiger partial charge in [-0.25, -0.2) is 0 Å². The Morgan fingerprint density at radius 3 is 2.89 bits per heavy atom. The van der Waals surface area contributed by atoms with E-state index in [1.807, 2.05) is 7.05 Å². The van der Waals surface area contributed by atoms with Crippen LogP contribution in [0.5, 0.6) is 0 Å². The highest BCUT2D eigenvalue weighted by atomic mass is 79.9. The first kappa shape index (κ1) is 16.0. The lowest BCUT2D eigenvalue weighted by molar-refractivity contribution is -0.129. The van der Waals surface area contributed by atoms with Gasteiger partial charge in [0.1, 0.15) is 0 Å². The number of hydrogen-bond donors (Lipinski definition) is 1. The summed E-state index contributed by atoms with van der Waals surface area (Å²) < 4.78 is 1.11. The zero-order valence-electron chi connectivity index (χ0n) is 10.3. The average Bonchev–Trinajstić information content (AvgIpc) is 3.02.